The van der Waals surface area contributed by atoms with Crippen LogP contribution in [0.4, 0.5) is 0 Å². The lowest BCUT2D eigenvalue weighted by molar-refractivity contribution is -0.131. The van der Waals surface area contributed by atoms with Gasteiger partial charge in [0.2, 0.25) is 5.91 Å². The Morgan fingerprint density at radius 3 is 2.08 bits per heavy atom. The van der Waals surface area contributed by atoms with Crippen LogP contribution in [0.25, 0.3) is 0 Å². The third-order valence-electron chi connectivity index (χ3n) is 2.16. The Morgan fingerprint density at radius 2 is 1.77 bits per heavy atom. The van der Waals surface area contributed by atoms with Gasteiger partial charge in [0, 0.05) is 13.1 Å². The van der Waals surface area contributed by atoms with Gasteiger partial charge in [0.25, 0.3) is 0 Å². The molecule has 0 aliphatic carbocycles. The van der Waals surface area contributed by atoms with E-state index in [9.17, 15) is 4.79 Å². The molecule has 3 heteroatoms. The molecule has 0 aromatic rings. The second-order valence-corrected chi connectivity index (χ2v) is 4.70. The average molecular weight is 206 g/mol. The van der Waals surface area contributed by atoms with Crippen LogP contribution >= 0.6 is 11.6 Å². The van der Waals surface area contributed by atoms with Crippen molar-refractivity contribution in [1.82, 2.24) is 4.90 Å². The van der Waals surface area contributed by atoms with Crippen LogP contribution in [0.2, 0.25) is 0 Å². The van der Waals surface area contributed by atoms with Crippen LogP contribution in [0.1, 0.15) is 34.1 Å². The molecule has 0 spiro atoms. The van der Waals surface area contributed by atoms with Crippen molar-refractivity contribution >= 4 is 17.5 Å². The van der Waals surface area contributed by atoms with Gasteiger partial charge in [0.1, 0.15) is 5.38 Å². The van der Waals surface area contributed by atoms with Gasteiger partial charge in [-0.05, 0) is 26.2 Å². The Bertz CT molecular complexity index is 168. The third kappa shape index (κ3) is 4.51. The van der Waals surface area contributed by atoms with Crippen molar-refractivity contribution in [1.29, 1.82) is 0 Å². The van der Waals surface area contributed by atoms with Crippen LogP contribution in [-0.2, 0) is 4.79 Å². The Hall–Kier alpha value is -0.240. The molecule has 0 radical (unpaired) electrons. The first-order valence-electron chi connectivity index (χ1n) is 4.77. The summed E-state index contributed by atoms with van der Waals surface area (Å²) in [7, 11) is 1.81. The molecule has 2 atom stereocenters. The molecule has 0 saturated carbocycles. The van der Waals surface area contributed by atoms with Crippen molar-refractivity contribution < 1.29 is 4.79 Å². The molecule has 13 heavy (non-hydrogen) atoms. The number of hydrogen-bond acceptors (Lipinski definition) is 1. The van der Waals surface area contributed by atoms with E-state index in [0.717, 1.165) is 6.42 Å². The number of rotatable bonds is 4. The molecule has 78 valence electrons. The first-order valence-corrected chi connectivity index (χ1v) is 5.20. The molecule has 2 nitrogen and oxygen atoms in total. The van der Waals surface area contributed by atoms with E-state index in [1.807, 2.05) is 7.05 Å². The van der Waals surface area contributed by atoms with Gasteiger partial charge >= 0.3 is 0 Å². The van der Waals surface area contributed by atoms with E-state index in [1.54, 1.807) is 11.8 Å². The molecule has 0 aliphatic rings. The standard InChI is InChI=1S/C10H20ClNO/c1-7(2)6-8(3)12(5)10(13)9(4)11/h7-9H,6H2,1-5H3. The van der Waals surface area contributed by atoms with Crippen molar-refractivity contribution in [3.63, 3.8) is 0 Å². The van der Waals surface area contributed by atoms with Crippen molar-refractivity contribution in [3.05, 3.63) is 0 Å². The lowest BCUT2D eigenvalue weighted by Crippen LogP contribution is -2.39. The van der Waals surface area contributed by atoms with Crippen LogP contribution in [0.15, 0.2) is 0 Å². The Balaban J connectivity index is 4.09. The maximum Gasteiger partial charge on any atom is 0.240 e. The molecule has 0 N–H and O–H groups in total. The summed E-state index contributed by atoms with van der Waals surface area (Å²) >= 11 is 5.71. The second kappa shape index (κ2) is 5.48. The zero-order valence-corrected chi connectivity index (χ0v) is 9.93. The molecule has 2 unspecified atom stereocenters. The summed E-state index contributed by atoms with van der Waals surface area (Å²) in [6, 6.07) is 0.272. The molecule has 0 saturated heterocycles. The molecule has 0 aromatic heterocycles. The van der Waals surface area contributed by atoms with E-state index in [-0.39, 0.29) is 11.9 Å². The monoisotopic (exact) mass is 205 g/mol. The predicted molar refractivity (Wildman–Crippen MR) is 57.0 cm³/mol. The smallest absolute Gasteiger partial charge is 0.240 e. The highest BCUT2D eigenvalue weighted by Crippen LogP contribution is 2.11. The van der Waals surface area contributed by atoms with Gasteiger partial charge in [-0.1, -0.05) is 13.8 Å². The quantitative estimate of drug-likeness (QED) is 0.646. The summed E-state index contributed by atoms with van der Waals surface area (Å²) < 4.78 is 0. The van der Waals surface area contributed by atoms with Crippen LogP contribution < -0.4 is 0 Å². The number of carbonyl (C=O) groups excluding carboxylic acids is 1. The molecule has 0 rings (SSSR count). The topological polar surface area (TPSA) is 20.3 Å². The zero-order chi connectivity index (χ0) is 10.6. The largest absolute Gasteiger partial charge is 0.342 e. The summed E-state index contributed by atoms with van der Waals surface area (Å²) in [5.41, 5.74) is 0. The van der Waals surface area contributed by atoms with E-state index in [0.29, 0.717) is 5.92 Å². The van der Waals surface area contributed by atoms with E-state index in [2.05, 4.69) is 20.8 Å². The highest BCUT2D eigenvalue weighted by molar-refractivity contribution is 6.30. The normalized spacial score (nSPS) is 15.6. The fourth-order valence-electron chi connectivity index (χ4n) is 1.34. The van der Waals surface area contributed by atoms with E-state index in [1.165, 1.54) is 0 Å². The molecule has 1 amide bonds. The summed E-state index contributed by atoms with van der Waals surface area (Å²) in [5, 5.41) is -0.417. The minimum atomic E-state index is -0.417. The van der Waals surface area contributed by atoms with Gasteiger partial charge in [0.15, 0.2) is 0 Å². The predicted octanol–water partition coefficient (Wildman–Crippen LogP) is 2.51. The van der Waals surface area contributed by atoms with Gasteiger partial charge in [-0.15, -0.1) is 11.6 Å². The van der Waals surface area contributed by atoms with Crippen LogP contribution in [0, 0.1) is 5.92 Å². The zero-order valence-electron chi connectivity index (χ0n) is 9.17. The fourth-order valence-corrected chi connectivity index (χ4v) is 1.49. The maximum atomic E-state index is 11.5. The number of halogens is 1. The van der Waals surface area contributed by atoms with Crippen molar-refractivity contribution in [2.24, 2.45) is 5.92 Å². The van der Waals surface area contributed by atoms with Crippen molar-refractivity contribution in [2.45, 2.75) is 45.5 Å². The average Bonchev–Trinajstić information content (AvgIpc) is 2.00. The van der Waals surface area contributed by atoms with Crippen molar-refractivity contribution in [2.75, 3.05) is 7.05 Å². The number of amides is 1. The van der Waals surface area contributed by atoms with Gasteiger partial charge in [-0.3, -0.25) is 4.79 Å². The van der Waals surface area contributed by atoms with E-state index in [4.69, 9.17) is 11.6 Å². The third-order valence-corrected chi connectivity index (χ3v) is 2.35. The Kier molecular flexibility index (Phi) is 5.38. The van der Waals surface area contributed by atoms with Gasteiger partial charge in [-0.2, -0.15) is 0 Å². The number of carbonyl (C=O) groups is 1. The summed E-state index contributed by atoms with van der Waals surface area (Å²) in [5.74, 6) is 0.616. The fraction of sp³-hybridized carbons (Fsp3) is 0.900. The van der Waals surface area contributed by atoms with Crippen LogP contribution in [0.3, 0.4) is 0 Å². The van der Waals surface area contributed by atoms with E-state index < -0.39 is 5.38 Å². The summed E-state index contributed by atoms with van der Waals surface area (Å²) in [6.07, 6.45) is 1.02. The number of nitrogens with zero attached hydrogens (tertiary/aromatic N) is 1. The highest BCUT2D eigenvalue weighted by atomic mass is 35.5. The van der Waals surface area contributed by atoms with Gasteiger partial charge < -0.3 is 4.90 Å². The van der Waals surface area contributed by atoms with E-state index >= 15 is 0 Å². The second-order valence-electron chi connectivity index (χ2n) is 4.04. The first kappa shape index (κ1) is 12.8. The minimum Gasteiger partial charge on any atom is -0.342 e. The highest BCUT2D eigenvalue weighted by Gasteiger charge is 2.19. The number of alkyl halides is 1. The summed E-state index contributed by atoms with van der Waals surface area (Å²) in [6.45, 7) is 8.07. The van der Waals surface area contributed by atoms with Crippen molar-refractivity contribution in [3.8, 4) is 0 Å². The lowest BCUT2D eigenvalue weighted by atomic mass is 10.0. The molecular weight excluding hydrogens is 186 g/mol. The molecule has 0 fully saturated rings. The Morgan fingerprint density at radius 1 is 1.31 bits per heavy atom. The molecule has 0 aromatic carbocycles. The van der Waals surface area contributed by atoms with Gasteiger partial charge in [0.05, 0.1) is 0 Å². The molecule has 0 aliphatic heterocycles. The molecular formula is C10H20ClNO. The Labute approximate surface area is 86.2 Å². The van der Waals surface area contributed by atoms with Crippen LogP contribution in [0.5, 0.6) is 0 Å². The first-order chi connectivity index (χ1) is 5.86. The van der Waals surface area contributed by atoms with Crippen LogP contribution in [-0.4, -0.2) is 29.3 Å². The lowest BCUT2D eigenvalue weighted by Gasteiger charge is -2.27. The minimum absolute atomic E-state index is 0.00909. The maximum absolute atomic E-state index is 11.5. The number of hydrogen-bond donors (Lipinski definition) is 0. The molecule has 0 heterocycles. The van der Waals surface area contributed by atoms with Gasteiger partial charge in [-0.25, -0.2) is 0 Å². The molecule has 0 bridgehead atoms. The summed E-state index contributed by atoms with van der Waals surface area (Å²) in [4.78, 5) is 13.2. The SMILES string of the molecule is CC(C)CC(C)N(C)C(=O)C(C)Cl.